The number of benzene rings is 2. The summed E-state index contributed by atoms with van der Waals surface area (Å²) in [5.41, 5.74) is 3.67. The third-order valence-electron chi connectivity index (χ3n) is 5.56. The second-order valence-electron chi connectivity index (χ2n) is 7.63. The van der Waals surface area contributed by atoms with Gasteiger partial charge in [-0.25, -0.2) is 4.68 Å². The van der Waals surface area contributed by atoms with Crippen molar-refractivity contribution in [1.29, 1.82) is 0 Å². The van der Waals surface area contributed by atoms with Crippen LogP contribution in [0.2, 0.25) is 0 Å². The van der Waals surface area contributed by atoms with Crippen LogP contribution in [-0.2, 0) is 4.74 Å². The van der Waals surface area contributed by atoms with Crippen molar-refractivity contribution in [3.8, 4) is 11.4 Å². The number of nitrogens with one attached hydrogen (secondary N) is 1. The van der Waals surface area contributed by atoms with Gasteiger partial charge in [-0.2, -0.15) is 5.10 Å². The van der Waals surface area contributed by atoms with Crippen LogP contribution < -0.4 is 10.1 Å². The number of amides is 1. The average molecular weight is 421 g/mol. The monoisotopic (exact) mass is 420 g/mol. The predicted octanol–water partition coefficient (Wildman–Crippen LogP) is 2.99. The van der Waals surface area contributed by atoms with Crippen LogP contribution in [0.25, 0.3) is 5.69 Å². The fraction of sp³-hybridized carbons (Fsp3) is 0.333. The molecule has 1 aromatic heterocycles. The maximum absolute atomic E-state index is 12.8. The van der Waals surface area contributed by atoms with E-state index in [2.05, 4.69) is 46.5 Å². The summed E-state index contributed by atoms with van der Waals surface area (Å²) in [7, 11) is 1.63. The van der Waals surface area contributed by atoms with Crippen LogP contribution in [0, 0.1) is 6.92 Å². The van der Waals surface area contributed by atoms with Crippen LogP contribution in [0.3, 0.4) is 0 Å². The maximum atomic E-state index is 12.8. The van der Waals surface area contributed by atoms with Crippen LogP contribution in [0.5, 0.6) is 5.75 Å². The summed E-state index contributed by atoms with van der Waals surface area (Å²) in [6, 6.07) is 17.9. The van der Waals surface area contributed by atoms with E-state index in [-0.39, 0.29) is 11.9 Å². The number of hydrogen-bond acceptors (Lipinski definition) is 5. The second kappa shape index (κ2) is 9.76. The van der Waals surface area contributed by atoms with Crippen molar-refractivity contribution >= 4 is 5.91 Å². The number of nitrogens with zero attached hydrogens (tertiary/aromatic N) is 3. The Morgan fingerprint density at radius 3 is 2.48 bits per heavy atom. The molecule has 7 nitrogen and oxygen atoms in total. The lowest BCUT2D eigenvalue weighted by atomic mass is 10.0. The largest absolute Gasteiger partial charge is 0.497 e. The lowest BCUT2D eigenvalue weighted by molar-refractivity contribution is 0.0162. The molecule has 1 aliphatic rings. The number of ether oxygens (including phenoxy) is 2. The molecule has 0 aliphatic carbocycles. The summed E-state index contributed by atoms with van der Waals surface area (Å²) in [5.74, 6) is 0.594. The summed E-state index contributed by atoms with van der Waals surface area (Å²) in [5, 5.41) is 7.52. The first kappa shape index (κ1) is 21.1. The topological polar surface area (TPSA) is 68.6 Å². The first-order valence-corrected chi connectivity index (χ1v) is 10.5. The molecule has 2 aromatic carbocycles. The van der Waals surface area contributed by atoms with E-state index in [9.17, 15) is 4.79 Å². The molecule has 0 saturated carbocycles. The number of methoxy groups -OCH3 is 1. The molecule has 0 bridgehead atoms. The van der Waals surface area contributed by atoms with Gasteiger partial charge in [0.05, 0.1) is 32.1 Å². The molecule has 0 radical (unpaired) electrons. The minimum Gasteiger partial charge on any atom is -0.497 e. The summed E-state index contributed by atoms with van der Waals surface area (Å²) >= 11 is 0. The lowest BCUT2D eigenvalue weighted by Gasteiger charge is -2.35. The number of aryl methyl sites for hydroxylation is 1. The number of morpholine rings is 1. The van der Waals surface area contributed by atoms with Gasteiger partial charge in [0.2, 0.25) is 0 Å². The van der Waals surface area contributed by atoms with Crippen molar-refractivity contribution in [2.75, 3.05) is 40.0 Å². The highest BCUT2D eigenvalue weighted by Gasteiger charge is 2.23. The molecule has 1 saturated heterocycles. The highest BCUT2D eigenvalue weighted by Crippen LogP contribution is 2.22. The molecule has 1 amide bonds. The third-order valence-corrected chi connectivity index (χ3v) is 5.56. The van der Waals surface area contributed by atoms with Gasteiger partial charge in [-0.3, -0.25) is 9.69 Å². The normalized spacial score (nSPS) is 15.4. The Kier molecular flexibility index (Phi) is 6.64. The van der Waals surface area contributed by atoms with Gasteiger partial charge >= 0.3 is 0 Å². The summed E-state index contributed by atoms with van der Waals surface area (Å²) < 4.78 is 12.4. The van der Waals surface area contributed by atoms with Gasteiger partial charge in [-0.1, -0.05) is 29.8 Å². The van der Waals surface area contributed by atoms with Crippen molar-refractivity contribution in [2.45, 2.75) is 13.0 Å². The van der Waals surface area contributed by atoms with Crippen LogP contribution in [0.15, 0.2) is 60.8 Å². The fourth-order valence-corrected chi connectivity index (χ4v) is 3.74. The van der Waals surface area contributed by atoms with Gasteiger partial charge in [0, 0.05) is 25.8 Å². The Morgan fingerprint density at radius 2 is 1.81 bits per heavy atom. The molecule has 7 heteroatoms. The van der Waals surface area contributed by atoms with Crippen LogP contribution in [-0.4, -0.2) is 60.5 Å². The fourth-order valence-electron chi connectivity index (χ4n) is 3.74. The molecule has 162 valence electrons. The van der Waals surface area contributed by atoms with Gasteiger partial charge in [-0.05, 0) is 42.8 Å². The predicted molar refractivity (Wildman–Crippen MR) is 119 cm³/mol. The number of aromatic nitrogens is 2. The molecule has 3 aromatic rings. The zero-order chi connectivity index (χ0) is 21.6. The Balaban J connectivity index is 1.44. The summed E-state index contributed by atoms with van der Waals surface area (Å²) in [4.78, 5) is 15.2. The summed E-state index contributed by atoms with van der Waals surface area (Å²) in [6.45, 7) is 5.71. The van der Waals surface area contributed by atoms with Gasteiger partial charge < -0.3 is 14.8 Å². The number of rotatable bonds is 7. The molecule has 1 fully saturated rings. The SMILES string of the molecule is COc1ccc(-n2ccc(C(=O)NCC(c3ccc(C)cc3)N3CCOCC3)n2)cc1. The third kappa shape index (κ3) is 5.13. The van der Waals surface area contributed by atoms with Gasteiger partial charge in [0.1, 0.15) is 5.75 Å². The molecule has 0 spiro atoms. The minimum absolute atomic E-state index is 0.0946. The summed E-state index contributed by atoms with van der Waals surface area (Å²) in [6.07, 6.45) is 1.79. The standard InChI is InChI=1S/C24H28N4O3/c1-18-3-5-19(6-4-18)23(27-13-15-31-16-14-27)17-25-24(29)22-11-12-28(26-22)20-7-9-21(30-2)10-8-20/h3-12,23H,13-17H2,1-2H3,(H,25,29). The number of carbonyl (C=O) groups excluding carboxylic acids is 1. The molecular weight excluding hydrogens is 392 g/mol. The first-order chi connectivity index (χ1) is 15.1. The van der Waals surface area contributed by atoms with E-state index in [4.69, 9.17) is 9.47 Å². The Hall–Kier alpha value is -3.16. The van der Waals surface area contributed by atoms with E-state index < -0.39 is 0 Å². The van der Waals surface area contributed by atoms with Gasteiger partial charge in [0.15, 0.2) is 5.69 Å². The molecule has 1 N–H and O–H groups in total. The lowest BCUT2D eigenvalue weighted by Crippen LogP contribution is -2.43. The second-order valence-corrected chi connectivity index (χ2v) is 7.63. The van der Waals surface area contributed by atoms with E-state index >= 15 is 0 Å². The van der Waals surface area contributed by atoms with Crippen molar-refractivity contribution in [2.24, 2.45) is 0 Å². The maximum Gasteiger partial charge on any atom is 0.271 e. The van der Waals surface area contributed by atoms with E-state index in [1.165, 1.54) is 11.1 Å². The van der Waals surface area contributed by atoms with Gasteiger partial charge in [-0.15, -0.1) is 0 Å². The molecular formula is C24H28N4O3. The van der Waals surface area contributed by atoms with Crippen molar-refractivity contribution in [3.05, 3.63) is 77.6 Å². The number of hydrogen-bond donors (Lipinski definition) is 1. The van der Waals surface area contributed by atoms with E-state index in [1.807, 2.05) is 24.3 Å². The Labute approximate surface area is 182 Å². The van der Waals surface area contributed by atoms with Crippen molar-refractivity contribution < 1.29 is 14.3 Å². The highest BCUT2D eigenvalue weighted by molar-refractivity contribution is 5.92. The van der Waals surface area contributed by atoms with E-state index in [0.29, 0.717) is 25.5 Å². The Morgan fingerprint density at radius 1 is 1.10 bits per heavy atom. The van der Waals surface area contributed by atoms with Crippen molar-refractivity contribution in [3.63, 3.8) is 0 Å². The number of carbonyl (C=O) groups is 1. The average Bonchev–Trinajstić information content (AvgIpc) is 3.31. The first-order valence-electron chi connectivity index (χ1n) is 10.5. The van der Waals surface area contributed by atoms with Crippen LogP contribution >= 0.6 is 0 Å². The minimum atomic E-state index is -0.183. The van der Waals surface area contributed by atoms with Crippen LogP contribution in [0.1, 0.15) is 27.7 Å². The molecule has 2 heterocycles. The molecule has 4 rings (SSSR count). The highest BCUT2D eigenvalue weighted by atomic mass is 16.5. The zero-order valence-electron chi connectivity index (χ0n) is 18.0. The molecule has 1 unspecified atom stereocenters. The van der Waals surface area contributed by atoms with E-state index in [0.717, 1.165) is 24.5 Å². The van der Waals surface area contributed by atoms with Crippen LogP contribution in [0.4, 0.5) is 0 Å². The Bertz CT molecular complexity index is 992. The van der Waals surface area contributed by atoms with Gasteiger partial charge in [0.25, 0.3) is 5.91 Å². The zero-order valence-corrected chi connectivity index (χ0v) is 18.0. The quantitative estimate of drug-likeness (QED) is 0.636. The van der Waals surface area contributed by atoms with E-state index in [1.54, 1.807) is 24.1 Å². The smallest absolute Gasteiger partial charge is 0.271 e. The molecule has 1 atom stereocenters. The van der Waals surface area contributed by atoms with Crippen molar-refractivity contribution in [1.82, 2.24) is 20.0 Å². The molecule has 1 aliphatic heterocycles. The molecule has 31 heavy (non-hydrogen) atoms.